The van der Waals surface area contributed by atoms with Gasteiger partial charge in [-0.2, -0.15) is 5.26 Å². The van der Waals surface area contributed by atoms with Gasteiger partial charge in [0.1, 0.15) is 11.6 Å². The third-order valence-electron chi connectivity index (χ3n) is 2.75. The zero-order valence-electron chi connectivity index (χ0n) is 12.5. The Balaban J connectivity index is 2.45. The van der Waals surface area contributed by atoms with Crippen LogP contribution < -0.4 is 10.6 Å². The van der Waals surface area contributed by atoms with Crippen LogP contribution in [0.25, 0.3) is 0 Å². The number of anilines is 1. The SMILES string of the molecule is CCOCCCNC(=O)/C(C#N)=C\Nc1ccc(C)cc1. The smallest absolute Gasteiger partial charge is 0.263 e. The summed E-state index contributed by atoms with van der Waals surface area (Å²) in [6.07, 6.45) is 2.15. The highest BCUT2D eigenvalue weighted by molar-refractivity contribution is 5.97. The molecule has 5 heteroatoms. The van der Waals surface area contributed by atoms with Gasteiger partial charge in [0.25, 0.3) is 5.91 Å². The first-order valence-electron chi connectivity index (χ1n) is 6.96. The third kappa shape index (κ3) is 6.59. The number of nitriles is 1. The van der Waals surface area contributed by atoms with Crippen LogP contribution in [0.1, 0.15) is 18.9 Å². The zero-order valence-corrected chi connectivity index (χ0v) is 12.5. The second kappa shape index (κ2) is 9.56. The molecule has 0 aromatic heterocycles. The van der Waals surface area contributed by atoms with Gasteiger partial charge in [0.2, 0.25) is 0 Å². The van der Waals surface area contributed by atoms with Crippen LogP contribution in [0.5, 0.6) is 0 Å². The molecule has 0 saturated heterocycles. The summed E-state index contributed by atoms with van der Waals surface area (Å²) < 4.78 is 5.17. The summed E-state index contributed by atoms with van der Waals surface area (Å²) in [5.41, 5.74) is 2.03. The second-order valence-corrected chi connectivity index (χ2v) is 4.49. The third-order valence-corrected chi connectivity index (χ3v) is 2.75. The number of benzene rings is 1. The Hall–Kier alpha value is -2.32. The Labute approximate surface area is 125 Å². The van der Waals surface area contributed by atoms with E-state index < -0.39 is 0 Å². The molecule has 0 aliphatic heterocycles. The molecule has 1 aromatic carbocycles. The van der Waals surface area contributed by atoms with Gasteiger partial charge in [0.05, 0.1) is 0 Å². The zero-order chi connectivity index (χ0) is 15.5. The maximum Gasteiger partial charge on any atom is 0.263 e. The molecule has 0 fully saturated rings. The van der Waals surface area contributed by atoms with Crippen LogP contribution in [0.2, 0.25) is 0 Å². The topological polar surface area (TPSA) is 74.1 Å². The van der Waals surface area contributed by atoms with Crippen molar-refractivity contribution in [2.75, 3.05) is 25.1 Å². The van der Waals surface area contributed by atoms with Crippen LogP contribution in [0, 0.1) is 18.3 Å². The molecule has 0 saturated carbocycles. The van der Waals surface area contributed by atoms with Gasteiger partial charge in [-0.25, -0.2) is 0 Å². The fourth-order valence-electron chi connectivity index (χ4n) is 1.57. The number of amides is 1. The van der Waals surface area contributed by atoms with E-state index in [2.05, 4.69) is 10.6 Å². The first-order chi connectivity index (χ1) is 10.2. The van der Waals surface area contributed by atoms with Gasteiger partial charge in [0.15, 0.2) is 0 Å². The molecule has 0 atom stereocenters. The predicted octanol–water partition coefficient (Wildman–Crippen LogP) is 2.36. The lowest BCUT2D eigenvalue weighted by atomic mass is 10.2. The van der Waals surface area contributed by atoms with Crippen LogP contribution in [0.15, 0.2) is 36.0 Å². The number of hydrogen-bond donors (Lipinski definition) is 2. The van der Waals surface area contributed by atoms with Crippen molar-refractivity contribution in [3.8, 4) is 6.07 Å². The molecular weight excluding hydrogens is 266 g/mol. The largest absolute Gasteiger partial charge is 0.382 e. The van der Waals surface area contributed by atoms with Gasteiger partial charge >= 0.3 is 0 Å². The van der Waals surface area contributed by atoms with Gasteiger partial charge < -0.3 is 15.4 Å². The molecular formula is C16H21N3O2. The minimum Gasteiger partial charge on any atom is -0.382 e. The number of rotatable bonds is 8. The van der Waals surface area contributed by atoms with Crippen LogP contribution in [0.3, 0.4) is 0 Å². The molecule has 1 amide bonds. The van der Waals surface area contributed by atoms with Crippen molar-refractivity contribution in [1.29, 1.82) is 5.26 Å². The summed E-state index contributed by atoms with van der Waals surface area (Å²) in [4.78, 5) is 11.8. The summed E-state index contributed by atoms with van der Waals surface area (Å²) >= 11 is 0. The van der Waals surface area contributed by atoms with Gasteiger partial charge in [-0.1, -0.05) is 17.7 Å². The van der Waals surface area contributed by atoms with E-state index in [0.29, 0.717) is 19.8 Å². The van der Waals surface area contributed by atoms with Crippen molar-refractivity contribution >= 4 is 11.6 Å². The summed E-state index contributed by atoms with van der Waals surface area (Å²) in [6, 6.07) is 9.58. The average Bonchev–Trinajstić information content (AvgIpc) is 2.49. The quantitative estimate of drug-likeness (QED) is 0.437. The first-order valence-corrected chi connectivity index (χ1v) is 6.96. The van der Waals surface area contributed by atoms with Gasteiger partial charge in [-0.3, -0.25) is 4.79 Å². The predicted molar refractivity (Wildman–Crippen MR) is 82.6 cm³/mol. The fraction of sp³-hybridized carbons (Fsp3) is 0.375. The van der Waals surface area contributed by atoms with Crippen LogP contribution >= 0.6 is 0 Å². The minimum atomic E-state index is -0.381. The Morgan fingerprint density at radius 1 is 1.38 bits per heavy atom. The molecule has 1 rings (SSSR count). The normalized spacial score (nSPS) is 10.8. The fourth-order valence-corrected chi connectivity index (χ4v) is 1.57. The van der Waals surface area contributed by atoms with E-state index >= 15 is 0 Å². The molecule has 0 unspecified atom stereocenters. The Bertz CT molecular complexity index is 515. The van der Waals surface area contributed by atoms with Crippen molar-refractivity contribution in [1.82, 2.24) is 5.32 Å². The van der Waals surface area contributed by atoms with E-state index in [0.717, 1.165) is 17.7 Å². The maximum atomic E-state index is 11.8. The molecule has 0 heterocycles. The lowest BCUT2D eigenvalue weighted by molar-refractivity contribution is -0.117. The monoisotopic (exact) mass is 287 g/mol. The van der Waals surface area contributed by atoms with Gasteiger partial charge in [0, 0.05) is 31.6 Å². The maximum absolute atomic E-state index is 11.8. The van der Waals surface area contributed by atoms with E-state index in [1.165, 1.54) is 6.20 Å². The number of nitrogens with zero attached hydrogens (tertiary/aromatic N) is 1. The summed E-state index contributed by atoms with van der Waals surface area (Å²) in [6.45, 7) is 5.67. The molecule has 1 aromatic rings. The summed E-state index contributed by atoms with van der Waals surface area (Å²) in [5, 5.41) is 14.6. The lowest BCUT2D eigenvalue weighted by Gasteiger charge is -2.05. The highest BCUT2D eigenvalue weighted by Crippen LogP contribution is 2.09. The van der Waals surface area contributed by atoms with Crippen molar-refractivity contribution in [2.45, 2.75) is 20.3 Å². The molecule has 0 spiro atoms. The molecule has 2 N–H and O–H groups in total. The standard InChI is InChI=1S/C16H21N3O2/c1-3-21-10-4-9-18-16(20)14(11-17)12-19-15-7-5-13(2)6-8-15/h5-8,12,19H,3-4,9-10H2,1-2H3,(H,18,20)/b14-12-. The second-order valence-electron chi connectivity index (χ2n) is 4.49. The van der Waals surface area contributed by atoms with Crippen LogP contribution in [-0.2, 0) is 9.53 Å². The molecule has 0 bridgehead atoms. The van der Waals surface area contributed by atoms with Crippen LogP contribution in [0.4, 0.5) is 5.69 Å². The van der Waals surface area contributed by atoms with E-state index in [1.54, 1.807) is 0 Å². The van der Waals surface area contributed by atoms with E-state index in [1.807, 2.05) is 44.2 Å². The molecule has 21 heavy (non-hydrogen) atoms. The summed E-state index contributed by atoms with van der Waals surface area (Å²) in [5.74, 6) is -0.381. The first kappa shape index (κ1) is 16.7. The molecule has 0 aliphatic rings. The number of carbonyl (C=O) groups is 1. The number of carbonyl (C=O) groups excluding carboxylic acids is 1. The Kier molecular flexibility index (Phi) is 7.62. The number of ether oxygens (including phenoxy) is 1. The van der Waals surface area contributed by atoms with Crippen molar-refractivity contribution in [3.05, 3.63) is 41.6 Å². The van der Waals surface area contributed by atoms with Gasteiger partial charge in [-0.05, 0) is 32.4 Å². The summed E-state index contributed by atoms with van der Waals surface area (Å²) in [7, 11) is 0. The number of nitrogens with one attached hydrogen (secondary N) is 2. The van der Waals surface area contributed by atoms with Crippen LogP contribution in [-0.4, -0.2) is 25.7 Å². The number of aryl methyl sites for hydroxylation is 1. The molecule has 0 aliphatic carbocycles. The highest BCUT2D eigenvalue weighted by Gasteiger charge is 2.07. The van der Waals surface area contributed by atoms with E-state index in [9.17, 15) is 4.79 Å². The van der Waals surface area contributed by atoms with Gasteiger partial charge in [-0.15, -0.1) is 0 Å². The average molecular weight is 287 g/mol. The molecule has 0 radical (unpaired) electrons. The van der Waals surface area contributed by atoms with Crippen molar-refractivity contribution < 1.29 is 9.53 Å². The van der Waals surface area contributed by atoms with Crippen molar-refractivity contribution in [3.63, 3.8) is 0 Å². The Morgan fingerprint density at radius 2 is 2.10 bits per heavy atom. The minimum absolute atomic E-state index is 0.0481. The number of hydrogen-bond acceptors (Lipinski definition) is 4. The van der Waals surface area contributed by atoms with E-state index in [4.69, 9.17) is 10.00 Å². The molecule has 112 valence electrons. The molecule has 5 nitrogen and oxygen atoms in total. The Morgan fingerprint density at radius 3 is 2.71 bits per heavy atom. The highest BCUT2D eigenvalue weighted by atomic mass is 16.5. The van der Waals surface area contributed by atoms with E-state index in [-0.39, 0.29) is 11.5 Å². The van der Waals surface area contributed by atoms with Crippen molar-refractivity contribution in [2.24, 2.45) is 0 Å². The lowest BCUT2D eigenvalue weighted by Crippen LogP contribution is -2.26.